The molecular weight excluding hydrogens is 408 g/mol. The Balaban J connectivity index is 1.70. The fraction of sp³-hybridized carbons (Fsp3) is 0.235. The fourth-order valence-electron chi connectivity index (χ4n) is 1.90. The number of nitrogens with zero attached hydrogens (tertiary/aromatic N) is 1. The number of esters is 1. The molecule has 0 radical (unpaired) electrons. The number of hydrogen-bond acceptors (Lipinski definition) is 5. The van der Waals surface area contributed by atoms with Crippen molar-refractivity contribution in [3.8, 4) is 0 Å². The van der Waals surface area contributed by atoms with E-state index in [1.165, 1.54) is 4.90 Å². The summed E-state index contributed by atoms with van der Waals surface area (Å²) in [5.74, 6) is -1.35. The van der Waals surface area contributed by atoms with Crippen LogP contribution in [0.15, 0.2) is 45.6 Å². The van der Waals surface area contributed by atoms with Crippen LogP contribution in [-0.2, 0) is 20.9 Å². The Bertz CT molecular complexity index is 732. The lowest BCUT2D eigenvalue weighted by atomic mass is 10.2. The minimum Gasteiger partial charge on any atom is -0.454 e. The van der Waals surface area contributed by atoms with Gasteiger partial charge in [-0.05, 0) is 46.7 Å². The molecule has 0 spiro atoms. The van der Waals surface area contributed by atoms with Crippen molar-refractivity contribution >= 4 is 45.1 Å². The van der Waals surface area contributed by atoms with Gasteiger partial charge < -0.3 is 15.0 Å². The van der Waals surface area contributed by atoms with Crippen LogP contribution >= 0.6 is 27.3 Å². The van der Waals surface area contributed by atoms with Crippen LogP contribution in [0.2, 0.25) is 0 Å². The molecule has 8 heteroatoms. The van der Waals surface area contributed by atoms with E-state index >= 15 is 0 Å². The lowest BCUT2D eigenvalue weighted by Gasteiger charge is -2.16. The monoisotopic (exact) mass is 424 g/mol. The number of benzene rings is 1. The summed E-state index contributed by atoms with van der Waals surface area (Å²) < 4.78 is 5.75. The molecule has 6 nitrogen and oxygen atoms in total. The first-order chi connectivity index (χ1) is 12.0. The summed E-state index contributed by atoms with van der Waals surface area (Å²) in [7, 11) is 1.64. The van der Waals surface area contributed by atoms with Gasteiger partial charge in [0.05, 0.1) is 0 Å². The number of carbonyl (C=O) groups is 3. The van der Waals surface area contributed by atoms with Crippen LogP contribution in [-0.4, -0.2) is 42.9 Å². The van der Waals surface area contributed by atoms with E-state index in [-0.39, 0.29) is 25.0 Å². The first-order valence-electron chi connectivity index (χ1n) is 7.40. The first-order valence-corrected chi connectivity index (χ1v) is 9.13. The Morgan fingerprint density at radius 1 is 1.20 bits per heavy atom. The highest BCUT2D eigenvalue weighted by Gasteiger charge is 2.14. The van der Waals surface area contributed by atoms with Crippen LogP contribution < -0.4 is 5.32 Å². The molecule has 1 heterocycles. The summed E-state index contributed by atoms with van der Waals surface area (Å²) in [5.41, 5.74) is 1.46. The van der Waals surface area contributed by atoms with Crippen molar-refractivity contribution in [1.29, 1.82) is 0 Å². The second-order valence-electron chi connectivity index (χ2n) is 5.23. The number of carbonyl (C=O) groups excluding carboxylic acids is 3. The molecule has 2 rings (SSSR count). The normalized spacial score (nSPS) is 10.2. The van der Waals surface area contributed by atoms with Crippen molar-refractivity contribution in [3.05, 3.63) is 56.7 Å². The van der Waals surface area contributed by atoms with E-state index in [2.05, 4.69) is 21.2 Å². The zero-order chi connectivity index (χ0) is 18.2. The number of likely N-dealkylation sites (N-methyl/N-ethyl adjacent to an activating group) is 1. The van der Waals surface area contributed by atoms with Crippen molar-refractivity contribution in [3.63, 3.8) is 0 Å². The molecule has 0 bridgehead atoms. The summed E-state index contributed by atoms with van der Waals surface area (Å²) in [5, 5.41) is 6.34. The Hall–Kier alpha value is -2.19. The summed E-state index contributed by atoms with van der Waals surface area (Å²) in [4.78, 5) is 36.9. The molecule has 0 saturated carbocycles. The number of ether oxygens (including phenoxy) is 1. The molecule has 2 amide bonds. The van der Waals surface area contributed by atoms with Crippen molar-refractivity contribution in [2.75, 3.05) is 20.2 Å². The molecule has 132 valence electrons. The quantitative estimate of drug-likeness (QED) is 0.692. The van der Waals surface area contributed by atoms with E-state index in [0.717, 1.165) is 10.0 Å². The lowest BCUT2D eigenvalue weighted by Crippen LogP contribution is -2.34. The van der Waals surface area contributed by atoms with E-state index in [9.17, 15) is 14.4 Å². The maximum Gasteiger partial charge on any atom is 0.325 e. The van der Waals surface area contributed by atoms with Gasteiger partial charge in [-0.2, -0.15) is 11.3 Å². The van der Waals surface area contributed by atoms with Gasteiger partial charge in [0.25, 0.3) is 11.8 Å². The van der Waals surface area contributed by atoms with Gasteiger partial charge in [0.2, 0.25) is 0 Å². The van der Waals surface area contributed by atoms with E-state index in [4.69, 9.17) is 4.74 Å². The van der Waals surface area contributed by atoms with Crippen molar-refractivity contribution in [2.45, 2.75) is 6.54 Å². The molecule has 0 aliphatic rings. The Morgan fingerprint density at radius 2 is 1.92 bits per heavy atom. The van der Waals surface area contributed by atoms with Crippen LogP contribution in [0, 0.1) is 0 Å². The van der Waals surface area contributed by atoms with Crippen LogP contribution in [0.5, 0.6) is 0 Å². The highest BCUT2D eigenvalue weighted by Crippen LogP contribution is 2.10. The molecule has 1 aromatic carbocycles. The number of amides is 2. The molecule has 0 fully saturated rings. The highest BCUT2D eigenvalue weighted by atomic mass is 79.9. The zero-order valence-corrected chi connectivity index (χ0v) is 15.9. The molecule has 0 aliphatic carbocycles. The molecule has 0 unspecified atom stereocenters. The third kappa shape index (κ3) is 6.32. The average Bonchev–Trinajstić information content (AvgIpc) is 3.11. The summed E-state index contributed by atoms with van der Waals surface area (Å²) >= 11 is 4.83. The zero-order valence-electron chi connectivity index (χ0n) is 13.5. The van der Waals surface area contributed by atoms with Gasteiger partial charge in [-0.3, -0.25) is 14.4 Å². The molecule has 2 aromatic rings. The van der Waals surface area contributed by atoms with E-state index < -0.39 is 5.97 Å². The number of halogens is 1. The van der Waals surface area contributed by atoms with Crippen LogP contribution in [0.1, 0.15) is 15.9 Å². The van der Waals surface area contributed by atoms with Gasteiger partial charge in [-0.1, -0.05) is 15.9 Å². The molecule has 1 N–H and O–H groups in total. The third-order valence-corrected chi connectivity index (χ3v) is 4.54. The Kier molecular flexibility index (Phi) is 7.15. The van der Waals surface area contributed by atoms with Gasteiger partial charge in [-0.15, -0.1) is 0 Å². The average molecular weight is 425 g/mol. The van der Waals surface area contributed by atoms with Crippen LogP contribution in [0.3, 0.4) is 0 Å². The minimum atomic E-state index is -0.664. The molecular formula is C17H17BrN2O4S. The highest BCUT2D eigenvalue weighted by molar-refractivity contribution is 9.10. The second-order valence-corrected chi connectivity index (χ2v) is 6.93. The van der Waals surface area contributed by atoms with Crippen molar-refractivity contribution < 1.29 is 19.1 Å². The standard InChI is InChI=1S/C17H17BrN2O4S/c1-20(9-12-6-7-25-11-12)15(21)10-24-16(22)8-19-17(23)13-2-4-14(18)5-3-13/h2-7,11H,8-10H2,1H3,(H,19,23). The SMILES string of the molecule is CN(Cc1ccsc1)C(=O)COC(=O)CNC(=O)c1ccc(Br)cc1. The summed E-state index contributed by atoms with van der Waals surface area (Å²) in [6.45, 7) is -0.190. The predicted octanol–water partition coefficient (Wildman–Crippen LogP) is 2.44. The van der Waals surface area contributed by atoms with Gasteiger partial charge in [-0.25, -0.2) is 0 Å². The first kappa shape index (κ1) is 19.1. The fourth-order valence-corrected chi connectivity index (χ4v) is 2.83. The topological polar surface area (TPSA) is 75.7 Å². The molecule has 0 aliphatic heterocycles. The van der Waals surface area contributed by atoms with Gasteiger partial charge in [0.15, 0.2) is 6.61 Å². The second kappa shape index (κ2) is 9.33. The number of thiophene rings is 1. The van der Waals surface area contributed by atoms with Gasteiger partial charge in [0, 0.05) is 23.6 Å². The van der Waals surface area contributed by atoms with E-state index in [1.807, 2.05) is 16.8 Å². The third-order valence-electron chi connectivity index (χ3n) is 3.28. The number of nitrogens with one attached hydrogen (secondary N) is 1. The largest absolute Gasteiger partial charge is 0.454 e. The minimum absolute atomic E-state index is 0.295. The van der Waals surface area contributed by atoms with Gasteiger partial charge in [0.1, 0.15) is 6.54 Å². The smallest absolute Gasteiger partial charge is 0.325 e. The van der Waals surface area contributed by atoms with E-state index in [0.29, 0.717) is 12.1 Å². The number of rotatable bonds is 7. The Morgan fingerprint density at radius 3 is 2.56 bits per heavy atom. The summed E-state index contributed by atoms with van der Waals surface area (Å²) in [6.07, 6.45) is 0. The number of hydrogen-bond donors (Lipinski definition) is 1. The lowest BCUT2D eigenvalue weighted by molar-refractivity contribution is -0.150. The van der Waals surface area contributed by atoms with Crippen LogP contribution in [0.4, 0.5) is 0 Å². The predicted molar refractivity (Wildman–Crippen MR) is 98.2 cm³/mol. The summed E-state index contributed by atoms with van der Waals surface area (Å²) in [6, 6.07) is 8.66. The maximum atomic E-state index is 11.9. The van der Waals surface area contributed by atoms with E-state index in [1.54, 1.807) is 42.6 Å². The van der Waals surface area contributed by atoms with Gasteiger partial charge >= 0.3 is 5.97 Å². The molecule has 1 aromatic heterocycles. The van der Waals surface area contributed by atoms with Crippen LogP contribution in [0.25, 0.3) is 0 Å². The Labute approximate surface area is 157 Å². The van der Waals surface area contributed by atoms with Crippen molar-refractivity contribution in [1.82, 2.24) is 10.2 Å². The van der Waals surface area contributed by atoms with Crippen molar-refractivity contribution in [2.24, 2.45) is 0 Å². The molecule has 25 heavy (non-hydrogen) atoms. The molecule has 0 atom stereocenters. The maximum absolute atomic E-state index is 11.9. The molecule has 0 saturated heterocycles.